The van der Waals surface area contributed by atoms with Gasteiger partial charge in [0.2, 0.25) is 0 Å². The van der Waals surface area contributed by atoms with E-state index in [0.717, 1.165) is 16.7 Å². The van der Waals surface area contributed by atoms with Crippen molar-refractivity contribution in [3.05, 3.63) is 88.4 Å². The molecule has 0 spiro atoms. The van der Waals surface area contributed by atoms with E-state index in [2.05, 4.69) is 10.6 Å². The fourth-order valence-electron chi connectivity index (χ4n) is 2.86. The van der Waals surface area contributed by atoms with E-state index in [4.69, 9.17) is 4.42 Å². The lowest BCUT2D eigenvalue weighted by Gasteiger charge is -2.13. The highest BCUT2D eigenvalue weighted by Gasteiger charge is 2.16. The van der Waals surface area contributed by atoms with Gasteiger partial charge in [-0.05, 0) is 67.8 Å². The maximum Gasteiger partial charge on any atom is 0.255 e. The second-order valence-corrected chi connectivity index (χ2v) is 6.51. The molecular weight excluding hydrogens is 340 g/mol. The van der Waals surface area contributed by atoms with Crippen LogP contribution in [0.4, 0.5) is 5.69 Å². The smallest absolute Gasteiger partial charge is 0.255 e. The van der Waals surface area contributed by atoms with Crippen LogP contribution in [0.5, 0.6) is 0 Å². The minimum Gasteiger partial charge on any atom is -0.467 e. The monoisotopic (exact) mass is 362 g/mol. The fraction of sp³-hybridized carbons (Fsp3) is 0.182. The third-order valence-corrected chi connectivity index (χ3v) is 4.51. The lowest BCUT2D eigenvalue weighted by Crippen LogP contribution is -2.24. The first kappa shape index (κ1) is 18.5. The molecule has 0 bridgehead atoms. The molecule has 0 fully saturated rings. The van der Waals surface area contributed by atoms with Gasteiger partial charge in [0.1, 0.15) is 5.76 Å². The average Bonchev–Trinajstić information content (AvgIpc) is 3.16. The van der Waals surface area contributed by atoms with Crippen molar-refractivity contribution in [3.8, 4) is 0 Å². The number of anilines is 1. The van der Waals surface area contributed by atoms with Crippen LogP contribution in [-0.4, -0.2) is 11.8 Å². The molecule has 1 heterocycles. The summed E-state index contributed by atoms with van der Waals surface area (Å²) in [5.74, 6) is 0.150. The molecule has 0 atom stereocenters. The van der Waals surface area contributed by atoms with Crippen LogP contribution in [0.1, 0.15) is 43.2 Å². The number of hydrogen-bond acceptors (Lipinski definition) is 3. The predicted octanol–water partition coefficient (Wildman–Crippen LogP) is 4.39. The molecule has 0 aliphatic heterocycles. The largest absolute Gasteiger partial charge is 0.467 e. The average molecular weight is 362 g/mol. The molecule has 5 nitrogen and oxygen atoms in total. The summed E-state index contributed by atoms with van der Waals surface area (Å²) in [7, 11) is 0. The highest BCUT2D eigenvalue weighted by molar-refractivity contribution is 6.09. The summed E-state index contributed by atoms with van der Waals surface area (Å²) in [4.78, 5) is 25.3. The van der Waals surface area contributed by atoms with E-state index in [-0.39, 0.29) is 18.4 Å². The van der Waals surface area contributed by atoms with Gasteiger partial charge in [-0.1, -0.05) is 18.2 Å². The van der Waals surface area contributed by atoms with Crippen LogP contribution in [0.3, 0.4) is 0 Å². The summed E-state index contributed by atoms with van der Waals surface area (Å²) in [6, 6.07) is 14.4. The Morgan fingerprint density at radius 3 is 2.33 bits per heavy atom. The molecule has 1 aromatic heterocycles. The van der Waals surface area contributed by atoms with Gasteiger partial charge in [-0.15, -0.1) is 0 Å². The zero-order valence-corrected chi connectivity index (χ0v) is 15.6. The van der Waals surface area contributed by atoms with Crippen LogP contribution in [0.15, 0.2) is 59.2 Å². The maximum absolute atomic E-state index is 12.8. The number of carbonyl (C=O) groups is 2. The number of amides is 2. The number of rotatable bonds is 5. The zero-order chi connectivity index (χ0) is 19.4. The Balaban J connectivity index is 1.78. The molecule has 3 aromatic rings. The Labute approximate surface area is 158 Å². The van der Waals surface area contributed by atoms with Crippen LogP contribution < -0.4 is 10.6 Å². The van der Waals surface area contributed by atoms with E-state index >= 15 is 0 Å². The van der Waals surface area contributed by atoms with E-state index < -0.39 is 0 Å². The van der Waals surface area contributed by atoms with Gasteiger partial charge in [0, 0.05) is 5.56 Å². The van der Waals surface area contributed by atoms with Crippen LogP contribution in [0.2, 0.25) is 0 Å². The summed E-state index contributed by atoms with van der Waals surface area (Å²) < 4.78 is 5.22. The molecule has 0 saturated carbocycles. The minimum atomic E-state index is -0.279. The molecule has 138 valence electrons. The Hall–Kier alpha value is -3.34. The summed E-state index contributed by atoms with van der Waals surface area (Å²) in [5.41, 5.74) is 4.56. The number of furan rings is 1. The van der Waals surface area contributed by atoms with E-state index in [1.165, 1.54) is 0 Å². The third-order valence-electron chi connectivity index (χ3n) is 4.51. The van der Waals surface area contributed by atoms with Gasteiger partial charge in [-0.2, -0.15) is 0 Å². The molecule has 0 aliphatic carbocycles. The SMILES string of the molecule is Cc1cc(C)c(C(=O)Nc2ccccc2C(=O)NCc2ccco2)cc1C. The topological polar surface area (TPSA) is 71.3 Å². The second kappa shape index (κ2) is 7.91. The van der Waals surface area contributed by atoms with Crippen molar-refractivity contribution < 1.29 is 14.0 Å². The molecule has 5 heteroatoms. The van der Waals surface area contributed by atoms with Crippen molar-refractivity contribution >= 4 is 17.5 Å². The normalized spacial score (nSPS) is 10.5. The lowest BCUT2D eigenvalue weighted by molar-refractivity contribution is 0.0949. The first-order chi connectivity index (χ1) is 13.0. The van der Waals surface area contributed by atoms with Crippen LogP contribution in [-0.2, 0) is 6.54 Å². The Bertz CT molecular complexity index is 975. The summed E-state index contributed by atoms with van der Waals surface area (Å²) in [6.45, 7) is 6.18. The van der Waals surface area contributed by atoms with Gasteiger partial charge in [-0.25, -0.2) is 0 Å². The van der Waals surface area contributed by atoms with Crippen molar-refractivity contribution in [3.63, 3.8) is 0 Å². The van der Waals surface area contributed by atoms with Gasteiger partial charge in [0.05, 0.1) is 24.1 Å². The number of para-hydroxylation sites is 1. The standard InChI is InChI=1S/C22H22N2O3/c1-14-11-16(3)19(12-15(14)2)22(26)24-20-9-5-4-8-18(20)21(25)23-13-17-7-6-10-27-17/h4-12H,13H2,1-3H3,(H,23,25)(H,24,26). The number of hydrogen-bond donors (Lipinski definition) is 2. The molecule has 0 radical (unpaired) electrons. The number of carbonyl (C=O) groups excluding carboxylic acids is 2. The molecule has 27 heavy (non-hydrogen) atoms. The van der Waals surface area contributed by atoms with Crippen molar-refractivity contribution in [2.75, 3.05) is 5.32 Å². The molecular formula is C22H22N2O3. The van der Waals surface area contributed by atoms with E-state index in [1.54, 1.807) is 42.7 Å². The Morgan fingerprint density at radius 2 is 1.59 bits per heavy atom. The zero-order valence-electron chi connectivity index (χ0n) is 15.6. The molecule has 0 saturated heterocycles. The fourth-order valence-corrected chi connectivity index (χ4v) is 2.86. The van der Waals surface area contributed by atoms with Crippen molar-refractivity contribution in [2.24, 2.45) is 0 Å². The van der Waals surface area contributed by atoms with Gasteiger partial charge in [-0.3, -0.25) is 9.59 Å². The van der Waals surface area contributed by atoms with Gasteiger partial charge < -0.3 is 15.1 Å². The molecule has 2 amide bonds. The van der Waals surface area contributed by atoms with E-state index in [0.29, 0.717) is 22.6 Å². The van der Waals surface area contributed by atoms with Gasteiger partial charge >= 0.3 is 0 Å². The third kappa shape index (κ3) is 4.26. The minimum absolute atomic E-state index is 0.234. The highest BCUT2D eigenvalue weighted by Crippen LogP contribution is 2.20. The maximum atomic E-state index is 12.8. The molecule has 0 aliphatic rings. The second-order valence-electron chi connectivity index (χ2n) is 6.51. The van der Waals surface area contributed by atoms with Crippen LogP contribution in [0, 0.1) is 20.8 Å². The molecule has 2 aromatic carbocycles. The van der Waals surface area contributed by atoms with Crippen molar-refractivity contribution in [1.29, 1.82) is 0 Å². The quantitative estimate of drug-likeness (QED) is 0.707. The molecule has 2 N–H and O–H groups in total. The Morgan fingerprint density at radius 1 is 0.852 bits per heavy atom. The van der Waals surface area contributed by atoms with Crippen molar-refractivity contribution in [2.45, 2.75) is 27.3 Å². The van der Waals surface area contributed by atoms with Crippen LogP contribution >= 0.6 is 0 Å². The first-order valence-electron chi connectivity index (χ1n) is 8.74. The number of nitrogens with one attached hydrogen (secondary N) is 2. The van der Waals surface area contributed by atoms with Gasteiger partial charge in [0.15, 0.2) is 0 Å². The van der Waals surface area contributed by atoms with E-state index in [9.17, 15) is 9.59 Å². The lowest BCUT2D eigenvalue weighted by atomic mass is 10.00. The first-order valence-corrected chi connectivity index (χ1v) is 8.74. The molecule has 3 rings (SSSR count). The number of aryl methyl sites for hydroxylation is 3. The summed E-state index contributed by atoms with van der Waals surface area (Å²) in [5, 5.41) is 5.66. The summed E-state index contributed by atoms with van der Waals surface area (Å²) in [6.07, 6.45) is 1.56. The van der Waals surface area contributed by atoms with E-state index in [1.807, 2.05) is 32.9 Å². The molecule has 0 unspecified atom stereocenters. The highest BCUT2D eigenvalue weighted by atomic mass is 16.3. The Kier molecular flexibility index (Phi) is 5.41. The predicted molar refractivity (Wildman–Crippen MR) is 105 cm³/mol. The van der Waals surface area contributed by atoms with Crippen molar-refractivity contribution in [1.82, 2.24) is 5.32 Å². The number of benzene rings is 2. The van der Waals surface area contributed by atoms with Gasteiger partial charge in [0.25, 0.3) is 11.8 Å². The summed E-state index contributed by atoms with van der Waals surface area (Å²) >= 11 is 0. The van der Waals surface area contributed by atoms with Crippen LogP contribution in [0.25, 0.3) is 0 Å².